The van der Waals surface area contributed by atoms with Crippen molar-refractivity contribution in [1.82, 2.24) is 15.1 Å². The first kappa shape index (κ1) is 50.1. The van der Waals surface area contributed by atoms with Gasteiger partial charge in [-0.25, -0.2) is 19.2 Å². The first-order valence-corrected chi connectivity index (χ1v) is 25.5. The summed E-state index contributed by atoms with van der Waals surface area (Å²) in [5.41, 5.74) is 11.8. The summed E-state index contributed by atoms with van der Waals surface area (Å²) in [5, 5.41) is 18.5. The van der Waals surface area contributed by atoms with Gasteiger partial charge in [-0.05, 0) is 188 Å². The summed E-state index contributed by atoms with van der Waals surface area (Å²) >= 11 is 0. The highest BCUT2D eigenvalue weighted by Gasteiger charge is 2.44. The van der Waals surface area contributed by atoms with Crippen LogP contribution in [0.3, 0.4) is 0 Å². The summed E-state index contributed by atoms with van der Waals surface area (Å²) in [6.07, 6.45) is 12.6. The normalized spacial score (nSPS) is 22.3. The number of hydrogen-bond acceptors (Lipinski definition) is 9. The number of aliphatic hydroxyl groups is 1. The van der Waals surface area contributed by atoms with Crippen molar-refractivity contribution in [3.05, 3.63) is 165 Å². The summed E-state index contributed by atoms with van der Waals surface area (Å²) in [6, 6.07) is 36.6. The zero-order chi connectivity index (χ0) is 50.3. The van der Waals surface area contributed by atoms with E-state index in [0.717, 1.165) is 115 Å². The highest BCUT2D eigenvalue weighted by atomic mass is 16.5. The quantitative estimate of drug-likeness (QED) is 0.0959. The molecular formula is C59H67N5O8. The molecule has 0 saturated carbocycles. The van der Waals surface area contributed by atoms with Crippen LogP contribution < -0.4 is 16.0 Å². The van der Waals surface area contributed by atoms with Crippen molar-refractivity contribution < 1.29 is 38.6 Å². The number of nitrogens with zero attached hydrogens (tertiary/aromatic N) is 2. The highest BCUT2D eigenvalue weighted by Crippen LogP contribution is 2.45. The molecule has 3 spiro atoms. The number of carbonyl (C=O) groups is 5. The van der Waals surface area contributed by atoms with Crippen LogP contribution in [-0.2, 0) is 48.0 Å². The van der Waals surface area contributed by atoms with Crippen LogP contribution >= 0.6 is 0 Å². The second-order valence-corrected chi connectivity index (χ2v) is 20.9. The number of fused-ring (bicyclic) bond motifs is 3. The molecule has 3 heterocycles. The van der Waals surface area contributed by atoms with E-state index >= 15 is 0 Å². The van der Waals surface area contributed by atoms with Crippen LogP contribution in [0, 0.1) is 16.2 Å². The zero-order valence-corrected chi connectivity index (χ0v) is 41.6. The number of amides is 4. The van der Waals surface area contributed by atoms with Gasteiger partial charge in [-0.1, -0.05) is 60.7 Å². The molecule has 13 nitrogen and oxygen atoms in total. The number of anilines is 2. The molecule has 3 fully saturated rings. The van der Waals surface area contributed by atoms with Gasteiger partial charge in [0.2, 0.25) is 0 Å². The fourth-order valence-corrected chi connectivity index (χ4v) is 12.1. The Morgan fingerprint density at radius 3 is 1.36 bits per heavy atom. The van der Waals surface area contributed by atoms with E-state index in [0.29, 0.717) is 22.1 Å². The molecule has 11 rings (SSSR count). The van der Waals surface area contributed by atoms with E-state index in [9.17, 15) is 24.0 Å². The standard InChI is InChI=1S/2C22H24N2O3.C15H19NO2/c1-27-20(25)17-8-7-16-9-10-22(14-18(16)13-17)11-12-24(15-22)21(26)23-19-5-3-2-4-6-19;25-14-20(26)17-7-6-16-8-9-22(13-18(16)12-17)10-11-24(15-22)21(27)23-19-4-2-1-3-5-19;1-18-14(17)12-3-2-11-4-5-15(6-7-16-10-15)9-13(11)8-12/h2-8,13H,9-12,14-15H2,1H3,(H,23,26);1-7,12,25H,8-11,13-15H2,(H,23,27);2-3,8,16H,4-7,9-10H2,1H3. The second-order valence-electron chi connectivity index (χ2n) is 20.9. The molecule has 3 atom stereocenters. The lowest BCUT2D eigenvalue weighted by Crippen LogP contribution is -2.37. The van der Waals surface area contributed by atoms with Crippen molar-refractivity contribution in [2.45, 2.75) is 77.0 Å². The summed E-state index contributed by atoms with van der Waals surface area (Å²) in [6.45, 7) is 4.81. The molecular weight excluding hydrogens is 907 g/mol. The van der Waals surface area contributed by atoms with Crippen molar-refractivity contribution in [1.29, 1.82) is 0 Å². The number of rotatable bonds is 6. The first-order valence-electron chi connectivity index (χ1n) is 25.5. The van der Waals surface area contributed by atoms with E-state index in [-0.39, 0.29) is 40.6 Å². The van der Waals surface area contributed by atoms with Gasteiger partial charge in [0.1, 0.15) is 6.61 Å². The molecule has 3 aliphatic heterocycles. The van der Waals surface area contributed by atoms with E-state index in [1.165, 1.54) is 60.4 Å². The fraction of sp³-hybridized carbons (Fsp3) is 0.407. The molecule has 6 aliphatic rings. The molecule has 5 aromatic rings. The second kappa shape index (κ2) is 21.9. The highest BCUT2D eigenvalue weighted by molar-refractivity contribution is 5.97. The van der Waals surface area contributed by atoms with E-state index < -0.39 is 6.61 Å². The van der Waals surface area contributed by atoms with Gasteiger partial charge in [0.05, 0.1) is 25.3 Å². The first-order chi connectivity index (χ1) is 34.9. The minimum absolute atomic E-state index is 0.0350. The van der Waals surface area contributed by atoms with E-state index in [1.54, 1.807) is 0 Å². The largest absolute Gasteiger partial charge is 0.465 e. The van der Waals surface area contributed by atoms with Crippen LogP contribution in [0.5, 0.6) is 0 Å². The van der Waals surface area contributed by atoms with Gasteiger partial charge in [0.15, 0.2) is 5.78 Å². The molecule has 5 aromatic carbocycles. The molecule has 0 bridgehead atoms. The maximum atomic E-state index is 12.6. The number of benzene rings is 5. The minimum atomic E-state index is -0.461. The van der Waals surface area contributed by atoms with Crippen molar-refractivity contribution in [3.8, 4) is 0 Å². The Morgan fingerprint density at radius 2 is 0.944 bits per heavy atom. The number of nitrogens with one attached hydrogen (secondary N) is 3. The number of Topliss-reactive ketones (excluding diaryl/α,β-unsaturated/α-hetero) is 1. The SMILES string of the molecule is COC(=O)c1ccc2c(c1)CC1(CC2)CCN(C(=O)Nc2ccccc2)C1.COC(=O)c1ccc2c(c1)CC1(CCNC1)CC2.O=C(CO)c1ccc2c(c1)CC1(CC2)CCN(C(=O)Nc2ccccc2)C1. The lowest BCUT2D eigenvalue weighted by atomic mass is 9.70. The molecule has 3 aliphatic carbocycles. The molecule has 0 aromatic heterocycles. The van der Waals surface area contributed by atoms with Gasteiger partial charge in [-0.3, -0.25) is 4.79 Å². The molecule has 4 N–H and O–H groups in total. The molecule has 4 amide bonds. The Morgan fingerprint density at radius 1 is 0.528 bits per heavy atom. The van der Waals surface area contributed by atoms with Gasteiger partial charge >= 0.3 is 24.0 Å². The van der Waals surface area contributed by atoms with Crippen LogP contribution in [0.15, 0.2) is 115 Å². The number of para-hydroxylation sites is 2. The Bertz CT molecular complexity index is 2650. The van der Waals surface area contributed by atoms with Crippen LogP contribution in [0.2, 0.25) is 0 Å². The average molecular weight is 974 g/mol. The Hall–Kier alpha value is -6.83. The molecule has 72 heavy (non-hydrogen) atoms. The third-order valence-corrected chi connectivity index (χ3v) is 16.2. The van der Waals surface area contributed by atoms with Crippen LogP contribution in [0.4, 0.5) is 21.0 Å². The number of urea groups is 2. The summed E-state index contributed by atoms with van der Waals surface area (Å²) in [4.78, 5) is 64.3. The van der Waals surface area contributed by atoms with Gasteiger partial charge in [0.25, 0.3) is 0 Å². The van der Waals surface area contributed by atoms with Crippen molar-refractivity contribution in [2.24, 2.45) is 16.2 Å². The summed E-state index contributed by atoms with van der Waals surface area (Å²) in [7, 11) is 2.84. The molecule has 3 unspecified atom stereocenters. The maximum Gasteiger partial charge on any atom is 0.337 e. The van der Waals surface area contributed by atoms with Gasteiger partial charge < -0.3 is 40.3 Å². The fourth-order valence-electron chi connectivity index (χ4n) is 12.1. The number of esters is 2. The smallest absolute Gasteiger partial charge is 0.337 e. The number of likely N-dealkylation sites (tertiary alicyclic amines) is 2. The topological polar surface area (TPSA) is 167 Å². The van der Waals surface area contributed by atoms with E-state index in [4.69, 9.17) is 14.6 Å². The van der Waals surface area contributed by atoms with Crippen molar-refractivity contribution in [2.75, 3.05) is 70.7 Å². The molecule has 3 saturated heterocycles. The number of hydrogen-bond donors (Lipinski definition) is 4. The summed E-state index contributed by atoms with van der Waals surface area (Å²) < 4.78 is 9.64. The number of aliphatic hydroxyl groups excluding tert-OH is 1. The van der Waals surface area contributed by atoms with Gasteiger partial charge in [0, 0.05) is 49.7 Å². The number of aryl methyl sites for hydroxylation is 3. The number of carbonyl (C=O) groups excluding carboxylic acids is 5. The van der Waals surface area contributed by atoms with E-state index in [2.05, 4.69) is 22.0 Å². The van der Waals surface area contributed by atoms with Crippen LogP contribution in [-0.4, -0.2) is 105 Å². The van der Waals surface area contributed by atoms with Crippen LogP contribution in [0.1, 0.15) is 103 Å². The predicted octanol–water partition coefficient (Wildman–Crippen LogP) is 9.10. The van der Waals surface area contributed by atoms with Gasteiger partial charge in [-0.2, -0.15) is 0 Å². The third-order valence-electron chi connectivity index (χ3n) is 16.2. The lowest BCUT2D eigenvalue weighted by Gasteiger charge is -2.35. The van der Waals surface area contributed by atoms with Crippen molar-refractivity contribution in [3.63, 3.8) is 0 Å². The van der Waals surface area contributed by atoms with E-state index in [1.807, 2.05) is 119 Å². The van der Waals surface area contributed by atoms with Gasteiger partial charge in [-0.15, -0.1) is 0 Å². The summed E-state index contributed by atoms with van der Waals surface area (Å²) in [5.74, 6) is -0.776. The Balaban J connectivity index is 0.000000136. The predicted molar refractivity (Wildman–Crippen MR) is 278 cm³/mol. The molecule has 13 heteroatoms. The minimum Gasteiger partial charge on any atom is -0.465 e. The van der Waals surface area contributed by atoms with Crippen LogP contribution in [0.25, 0.3) is 0 Å². The Labute approximate surface area is 422 Å². The maximum absolute atomic E-state index is 12.6. The third kappa shape index (κ3) is 11.4. The number of ether oxygens (including phenoxy) is 2. The monoisotopic (exact) mass is 973 g/mol. The lowest BCUT2D eigenvalue weighted by molar-refractivity contribution is 0.0591. The number of ketones is 1. The average Bonchev–Trinajstić information content (AvgIpc) is 4.17. The Kier molecular flexibility index (Phi) is 15.2. The van der Waals surface area contributed by atoms with Crippen molar-refractivity contribution >= 4 is 41.2 Å². The molecule has 0 radical (unpaired) electrons. The number of methoxy groups -OCH3 is 2. The zero-order valence-electron chi connectivity index (χ0n) is 41.6. The molecule has 376 valence electrons.